The second-order valence-electron chi connectivity index (χ2n) is 6.00. The third-order valence-electron chi connectivity index (χ3n) is 3.83. The molecule has 136 valence electrons. The maximum absolute atomic E-state index is 12.1. The first-order valence-corrected chi connectivity index (χ1v) is 9.35. The van der Waals surface area contributed by atoms with Gasteiger partial charge in [-0.25, -0.2) is 14.8 Å². The summed E-state index contributed by atoms with van der Waals surface area (Å²) in [6.07, 6.45) is 0.787. The lowest BCUT2D eigenvalue weighted by atomic mass is 10.1. The lowest BCUT2D eigenvalue weighted by Crippen LogP contribution is -2.30. The Balaban J connectivity index is 1.48. The van der Waals surface area contributed by atoms with Crippen LogP contribution in [0.5, 0.6) is 0 Å². The molecule has 2 aromatic heterocycles. The van der Waals surface area contributed by atoms with E-state index in [0.717, 1.165) is 46.6 Å². The largest absolute Gasteiger partial charge is 0.338 e. The summed E-state index contributed by atoms with van der Waals surface area (Å²) >= 11 is 1.61. The molecule has 7 nitrogen and oxygen atoms in total. The van der Waals surface area contributed by atoms with Gasteiger partial charge in [0.15, 0.2) is 0 Å². The SMILES string of the molecule is Cc1nc(C)n(CCCNC(=O)Nc2cccc(-c3csc(C)n3)c2)n1. The van der Waals surface area contributed by atoms with Crippen LogP contribution in [0.1, 0.15) is 23.1 Å². The number of urea groups is 1. The molecular weight excluding hydrogens is 348 g/mol. The zero-order valence-corrected chi connectivity index (χ0v) is 15.9. The van der Waals surface area contributed by atoms with Crippen LogP contribution in [-0.4, -0.2) is 32.3 Å². The van der Waals surface area contributed by atoms with Gasteiger partial charge in [-0.2, -0.15) is 5.10 Å². The van der Waals surface area contributed by atoms with Gasteiger partial charge in [-0.15, -0.1) is 11.3 Å². The fourth-order valence-corrected chi connectivity index (χ4v) is 3.25. The van der Waals surface area contributed by atoms with Gasteiger partial charge in [-0.1, -0.05) is 12.1 Å². The van der Waals surface area contributed by atoms with Gasteiger partial charge < -0.3 is 10.6 Å². The normalized spacial score (nSPS) is 10.7. The van der Waals surface area contributed by atoms with Crippen molar-refractivity contribution < 1.29 is 4.79 Å². The van der Waals surface area contributed by atoms with Gasteiger partial charge in [-0.3, -0.25) is 4.68 Å². The number of hydrogen-bond donors (Lipinski definition) is 2. The lowest BCUT2D eigenvalue weighted by Gasteiger charge is -2.09. The third kappa shape index (κ3) is 4.66. The molecule has 0 spiro atoms. The van der Waals surface area contributed by atoms with Gasteiger partial charge in [0, 0.05) is 29.7 Å². The first-order valence-electron chi connectivity index (χ1n) is 8.47. The molecule has 0 fully saturated rings. The lowest BCUT2D eigenvalue weighted by molar-refractivity contribution is 0.251. The summed E-state index contributed by atoms with van der Waals surface area (Å²) < 4.78 is 1.86. The van der Waals surface area contributed by atoms with Crippen LogP contribution in [0.15, 0.2) is 29.6 Å². The quantitative estimate of drug-likeness (QED) is 0.650. The van der Waals surface area contributed by atoms with Gasteiger partial charge in [0.25, 0.3) is 0 Å². The van der Waals surface area contributed by atoms with Gasteiger partial charge in [-0.05, 0) is 39.3 Å². The van der Waals surface area contributed by atoms with Gasteiger partial charge in [0.05, 0.1) is 10.7 Å². The Labute approximate surface area is 156 Å². The Kier molecular flexibility index (Phi) is 5.62. The Bertz CT molecular complexity index is 901. The maximum atomic E-state index is 12.1. The van der Waals surface area contributed by atoms with Crippen LogP contribution in [0.25, 0.3) is 11.3 Å². The number of nitrogens with zero attached hydrogens (tertiary/aromatic N) is 4. The summed E-state index contributed by atoms with van der Waals surface area (Å²) in [5.74, 6) is 1.66. The van der Waals surface area contributed by atoms with Gasteiger partial charge in [0.2, 0.25) is 0 Å². The van der Waals surface area contributed by atoms with E-state index >= 15 is 0 Å². The number of nitrogens with one attached hydrogen (secondary N) is 2. The molecule has 26 heavy (non-hydrogen) atoms. The van der Waals surface area contributed by atoms with E-state index in [4.69, 9.17) is 0 Å². The standard InChI is InChI=1S/C18H22N6OS/c1-12-20-13(2)24(23-12)9-5-8-19-18(25)22-16-7-4-6-15(10-16)17-11-26-14(3)21-17/h4,6-7,10-11H,5,8-9H2,1-3H3,(H2,19,22,25). The van der Waals surface area contributed by atoms with Crippen molar-refractivity contribution in [2.75, 3.05) is 11.9 Å². The van der Waals surface area contributed by atoms with Crippen LogP contribution in [0.3, 0.4) is 0 Å². The minimum Gasteiger partial charge on any atom is -0.338 e. The van der Waals surface area contributed by atoms with Crippen LogP contribution >= 0.6 is 11.3 Å². The molecule has 0 aliphatic rings. The Morgan fingerprint density at radius 2 is 2.08 bits per heavy atom. The van der Waals surface area contributed by atoms with Crippen LogP contribution in [0.4, 0.5) is 10.5 Å². The Hall–Kier alpha value is -2.74. The van der Waals surface area contributed by atoms with Crippen molar-refractivity contribution in [2.24, 2.45) is 0 Å². The highest BCUT2D eigenvalue weighted by atomic mass is 32.1. The zero-order valence-electron chi connectivity index (χ0n) is 15.1. The fraction of sp³-hybridized carbons (Fsp3) is 0.333. The van der Waals surface area contributed by atoms with E-state index in [9.17, 15) is 4.79 Å². The van der Waals surface area contributed by atoms with E-state index in [-0.39, 0.29) is 6.03 Å². The molecule has 0 bridgehead atoms. The molecule has 0 aliphatic carbocycles. The van der Waals surface area contributed by atoms with E-state index < -0.39 is 0 Å². The van der Waals surface area contributed by atoms with Crippen molar-refractivity contribution in [1.82, 2.24) is 25.1 Å². The highest BCUT2D eigenvalue weighted by Crippen LogP contribution is 2.24. The fourth-order valence-electron chi connectivity index (χ4n) is 2.63. The molecule has 0 saturated carbocycles. The van der Waals surface area contributed by atoms with Crippen LogP contribution in [0, 0.1) is 20.8 Å². The Morgan fingerprint density at radius 3 is 2.77 bits per heavy atom. The highest BCUT2D eigenvalue weighted by molar-refractivity contribution is 7.09. The minimum atomic E-state index is -0.219. The van der Waals surface area contributed by atoms with Crippen LogP contribution in [0.2, 0.25) is 0 Å². The van der Waals surface area contributed by atoms with E-state index in [2.05, 4.69) is 25.7 Å². The summed E-state index contributed by atoms with van der Waals surface area (Å²) in [5, 5.41) is 13.1. The molecule has 0 unspecified atom stereocenters. The average molecular weight is 370 g/mol. The summed E-state index contributed by atoms with van der Waals surface area (Å²) in [6, 6.07) is 7.47. The van der Waals surface area contributed by atoms with E-state index in [1.807, 2.05) is 55.1 Å². The summed E-state index contributed by atoms with van der Waals surface area (Å²) in [6.45, 7) is 7.07. The summed E-state index contributed by atoms with van der Waals surface area (Å²) in [7, 11) is 0. The maximum Gasteiger partial charge on any atom is 0.319 e. The van der Waals surface area contributed by atoms with Crippen molar-refractivity contribution >= 4 is 23.1 Å². The van der Waals surface area contributed by atoms with Crippen molar-refractivity contribution in [1.29, 1.82) is 0 Å². The topological polar surface area (TPSA) is 84.7 Å². The number of anilines is 1. The number of aryl methyl sites for hydroxylation is 4. The zero-order chi connectivity index (χ0) is 18.5. The van der Waals surface area contributed by atoms with E-state index in [0.29, 0.717) is 6.54 Å². The molecule has 2 N–H and O–H groups in total. The van der Waals surface area contributed by atoms with Crippen LogP contribution in [-0.2, 0) is 6.54 Å². The monoisotopic (exact) mass is 370 g/mol. The number of carbonyl (C=O) groups is 1. The number of hydrogen-bond acceptors (Lipinski definition) is 5. The molecule has 0 atom stereocenters. The number of rotatable bonds is 6. The number of carbonyl (C=O) groups excluding carboxylic acids is 1. The average Bonchev–Trinajstić information content (AvgIpc) is 3.17. The second-order valence-corrected chi connectivity index (χ2v) is 7.06. The van der Waals surface area contributed by atoms with Gasteiger partial charge >= 0.3 is 6.03 Å². The van der Waals surface area contributed by atoms with Crippen molar-refractivity contribution in [3.8, 4) is 11.3 Å². The summed E-state index contributed by atoms with van der Waals surface area (Å²) in [5.41, 5.74) is 2.66. The Morgan fingerprint density at radius 1 is 1.23 bits per heavy atom. The molecule has 0 saturated heterocycles. The van der Waals surface area contributed by atoms with E-state index in [1.54, 1.807) is 11.3 Å². The van der Waals surface area contributed by atoms with Crippen molar-refractivity contribution in [3.05, 3.63) is 46.3 Å². The predicted octanol–water partition coefficient (Wildman–Crippen LogP) is 3.54. The second kappa shape index (κ2) is 8.09. The third-order valence-corrected chi connectivity index (χ3v) is 4.60. The van der Waals surface area contributed by atoms with Crippen molar-refractivity contribution in [2.45, 2.75) is 33.7 Å². The molecule has 0 aliphatic heterocycles. The molecular formula is C18H22N6OS. The number of thiazole rings is 1. The number of aromatic nitrogens is 4. The number of amides is 2. The smallest absolute Gasteiger partial charge is 0.319 e. The molecule has 2 amide bonds. The first kappa shape index (κ1) is 18.1. The molecule has 8 heteroatoms. The molecule has 1 aromatic carbocycles. The number of benzene rings is 1. The summed E-state index contributed by atoms with van der Waals surface area (Å²) in [4.78, 5) is 20.8. The van der Waals surface area contributed by atoms with Gasteiger partial charge in [0.1, 0.15) is 11.6 Å². The minimum absolute atomic E-state index is 0.219. The predicted molar refractivity (Wildman–Crippen MR) is 103 cm³/mol. The highest BCUT2D eigenvalue weighted by Gasteiger charge is 2.06. The molecule has 3 rings (SSSR count). The molecule has 0 radical (unpaired) electrons. The molecule has 2 heterocycles. The van der Waals surface area contributed by atoms with E-state index in [1.165, 1.54) is 0 Å². The molecule has 3 aromatic rings. The van der Waals surface area contributed by atoms with Crippen LogP contribution < -0.4 is 10.6 Å². The van der Waals surface area contributed by atoms with Crippen molar-refractivity contribution in [3.63, 3.8) is 0 Å². The first-order chi connectivity index (χ1) is 12.5.